The summed E-state index contributed by atoms with van der Waals surface area (Å²) in [5.74, 6) is 0.956. The van der Waals surface area contributed by atoms with Crippen LogP contribution in [0.1, 0.15) is 125 Å². The number of hydrogen-bond donors (Lipinski definition) is 0. The zero-order valence-electron chi connectivity index (χ0n) is 37.0. The van der Waals surface area contributed by atoms with Gasteiger partial charge in [-0.3, -0.25) is 19.6 Å². The van der Waals surface area contributed by atoms with Crippen molar-refractivity contribution in [3.05, 3.63) is 196 Å². The molecule has 8 nitrogen and oxygen atoms in total. The van der Waals surface area contributed by atoms with Crippen LogP contribution in [0, 0.1) is 11.8 Å². The highest BCUT2D eigenvalue weighted by Gasteiger charge is 2.41. The van der Waals surface area contributed by atoms with Crippen LogP contribution in [0.5, 0.6) is 0 Å². The minimum absolute atomic E-state index is 0. The maximum absolute atomic E-state index is 13.2. The van der Waals surface area contributed by atoms with Crippen molar-refractivity contribution in [2.24, 2.45) is 11.8 Å². The molecule has 0 N–H and O–H groups in total. The third kappa shape index (κ3) is 11.7. The minimum atomic E-state index is -0.269. The lowest BCUT2D eigenvalue weighted by Gasteiger charge is -2.41. The summed E-state index contributed by atoms with van der Waals surface area (Å²) < 4.78 is 13.7. The predicted octanol–water partition coefficient (Wildman–Crippen LogP) is 14.4. The number of pyridine rings is 2. The van der Waals surface area contributed by atoms with E-state index >= 15 is 0 Å². The van der Waals surface area contributed by atoms with Gasteiger partial charge in [-0.15, -0.1) is 0 Å². The number of ether oxygens (including phenoxy) is 2. The van der Waals surface area contributed by atoms with Crippen molar-refractivity contribution in [1.82, 2.24) is 19.8 Å². The number of fused-ring (bicyclic) bond motifs is 4. The van der Waals surface area contributed by atoms with Gasteiger partial charge in [-0.1, -0.05) is 94.0 Å². The van der Waals surface area contributed by atoms with Crippen LogP contribution >= 0.6 is 55.1 Å². The van der Waals surface area contributed by atoms with E-state index in [1.807, 2.05) is 95.0 Å². The fourth-order valence-corrected chi connectivity index (χ4v) is 12.0. The zero-order valence-corrected chi connectivity index (χ0v) is 41.7. The molecule has 2 fully saturated rings. The second-order valence-corrected chi connectivity index (χ2v) is 20.4. The smallest absolute Gasteiger partial charge is 0.255 e. The van der Waals surface area contributed by atoms with E-state index in [-0.39, 0.29) is 58.4 Å². The molecule has 4 aliphatic rings. The van der Waals surface area contributed by atoms with Gasteiger partial charge in [0.25, 0.3) is 11.8 Å². The van der Waals surface area contributed by atoms with E-state index < -0.39 is 0 Å². The molecule has 4 heterocycles. The molecule has 10 rings (SSSR count). The molecule has 6 atom stereocenters. The maximum atomic E-state index is 13.2. The van der Waals surface area contributed by atoms with Gasteiger partial charge in [0.15, 0.2) is 0 Å². The Bertz CT molecular complexity index is 2420. The molecule has 2 saturated heterocycles. The number of hydrogen-bond acceptors (Lipinski definition) is 6. The summed E-state index contributed by atoms with van der Waals surface area (Å²) in [6.45, 7) is 1.31. The first-order chi connectivity index (χ1) is 32.1. The first-order valence-electron chi connectivity index (χ1n) is 22.7. The first kappa shape index (κ1) is 53.9. The summed E-state index contributed by atoms with van der Waals surface area (Å²) >= 11 is 19.9. The number of benzene rings is 4. The maximum Gasteiger partial charge on any atom is 0.255 e. The summed E-state index contributed by atoms with van der Waals surface area (Å²) in [6, 6.07) is 35.8. The lowest BCUT2D eigenvalue weighted by atomic mass is 9.76. The van der Waals surface area contributed by atoms with E-state index in [0.29, 0.717) is 36.1 Å². The highest BCUT2D eigenvalue weighted by molar-refractivity contribution is 9.10. The molecule has 0 spiro atoms. The molecule has 2 amide bonds. The highest BCUT2D eigenvalue weighted by Crippen LogP contribution is 2.46. The van der Waals surface area contributed by atoms with Gasteiger partial charge in [0, 0.05) is 81.7 Å². The number of aromatic nitrogens is 2. The Morgan fingerprint density at radius 1 is 0.551 bits per heavy atom. The summed E-state index contributed by atoms with van der Waals surface area (Å²) in [6.07, 6.45) is 10.3. The van der Waals surface area contributed by atoms with Crippen LogP contribution in [-0.4, -0.2) is 71.3 Å². The number of carbonyl (C=O) groups excluding carboxylic acids is 2. The molecule has 6 aromatic rings. The molecule has 12 heteroatoms. The molecular weight excluding hydrogens is 1040 g/mol. The molecule has 0 saturated carbocycles. The first-order valence-corrected chi connectivity index (χ1v) is 25.1. The summed E-state index contributed by atoms with van der Waals surface area (Å²) in [4.78, 5) is 40.0. The lowest BCUT2D eigenvalue weighted by molar-refractivity contribution is -0.0564. The Morgan fingerprint density at radius 3 is 1.30 bits per heavy atom. The van der Waals surface area contributed by atoms with Gasteiger partial charge in [-0.2, -0.15) is 0 Å². The lowest BCUT2D eigenvalue weighted by Crippen LogP contribution is -2.48. The SMILES string of the molecule is C.C.C.COC1CC(C2c3ccc(Cl)cc3CCc3cc(Br)cnc32)CCN1C(=O)c1ccccc1.COC1CC(C2c3ccc(Cl)cc3CCc3cc(Br)cnc32)CCN1C(=O)c1ccccc1. The van der Waals surface area contributed by atoms with Crippen molar-refractivity contribution in [2.45, 2.75) is 97.9 Å². The summed E-state index contributed by atoms with van der Waals surface area (Å²) in [5, 5.41) is 1.54. The molecule has 2 aliphatic heterocycles. The van der Waals surface area contributed by atoms with Crippen LogP contribution in [0.25, 0.3) is 0 Å². The van der Waals surface area contributed by atoms with E-state index in [0.717, 1.165) is 81.7 Å². The van der Waals surface area contributed by atoms with Crippen molar-refractivity contribution in [1.29, 1.82) is 0 Å². The Kier molecular flexibility index (Phi) is 18.9. The number of methoxy groups -OCH3 is 2. The second-order valence-electron chi connectivity index (χ2n) is 17.7. The summed E-state index contributed by atoms with van der Waals surface area (Å²) in [7, 11) is 3.39. The number of halogens is 4. The van der Waals surface area contributed by atoms with E-state index in [1.54, 1.807) is 14.2 Å². The van der Waals surface area contributed by atoms with E-state index in [2.05, 4.69) is 68.3 Å². The number of nitrogens with zero attached hydrogens (tertiary/aromatic N) is 4. The molecule has 2 aliphatic carbocycles. The van der Waals surface area contributed by atoms with Crippen molar-refractivity contribution in [2.75, 3.05) is 27.3 Å². The van der Waals surface area contributed by atoms with E-state index in [9.17, 15) is 9.59 Å². The molecule has 4 aromatic carbocycles. The average Bonchev–Trinajstić information content (AvgIpc) is 3.60. The van der Waals surface area contributed by atoms with Gasteiger partial charge >= 0.3 is 0 Å². The van der Waals surface area contributed by atoms with Crippen LogP contribution in [0.3, 0.4) is 0 Å². The third-order valence-electron chi connectivity index (χ3n) is 14.0. The molecule has 364 valence electrons. The molecule has 0 radical (unpaired) electrons. The predicted molar refractivity (Wildman–Crippen MR) is 287 cm³/mol. The van der Waals surface area contributed by atoms with Gasteiger partial charge in [0.1, 0.15) is 12.5 Å². The quantitative estimate of drug-likeness (QED) is 0.165. The van der Waals surface area contributed by atoms with E-state index in [4.69, 9.17) is 42.6 Å². The van der Waals surface area contributed by atoms with Gasteiger partial charge in [-0.05, 0) is 189 Å². The van der Waals surface area contributed by atoms with Crippen LogP contribution in [-0.2, 0) is 35.2 Å². The number of rotatable bonds is 6. The van der Waals surface area contributed by atoms with Gasteiger partial charge in [0.05, 0.1) is 11.4 Å². The van der Waals surface area contributed by atoms with E-state index in [1.165, 1.54) is 33.4 Å². The summed E-state index contributed by atoms with van der Waals surface area (Å²) in [5.41, 5.74) is 11.4. The Labute approximate surface area is 436 Å². The molecule has 69 heavy (non-hydrogen) atoms. The molecular formula is C57H64Br2Cl2N4O4. The van der Waals surface area contributed by atoms with Crippen LogP contribution in [0.4, 0.5) is 0 Å². The third-order valence-corrected chi connectivity index (χ3v) is 15.3. The number of aryl methyl sites for hydroxylation is 4. The van der Waals surface area contributed by atoms with Crippen molar-refractivity contribution in [3.63, 3.8) is 0 Å². The molecule has 2 aromatic heterocycles. The number of piperidine rings is 2. The Morgan fingerprint density at radius 2 is 0.928 bits per heavy atom. The van der Waals surface area contributed by atoms with Crippen LogP contribution < -0.4 is 0 Å². The highest BCUT2D eigenvalue weighted by atomic mass is 79.9. The van der Waals surface area contributed by atoms with Crippen molar-refractivity contribution < 1.29 is 19.1 Å². The number of likely N-dealkylation sites (tertiary alicyclic amines) is 2. The topological polar surface area (TPSA) is 84.9 Å². The second kappa shape index (κ2) is 24.1. The van der Waals surface area contributed by atoms with Crippen molar-refractivity contribution >= 4 is 66.9 Å². The largest absolute Gasteiger partial charge is 0.362 e. The van der Waals surface area contributed by atoms with Crippen molar-refractivity contribution in [3.8, 4) is 0 Å². The zero-order chi connectivity index (χ0) is 45.9. The Balaban J connectivity index is 0.000000217. The fraction of sp³-hybridized carbons (Fsp3) is 0.368. The molecule has 6 unspecified atom stereocenters. The molecule has 0 bridgehead atoms. The van der Waals surface area contributed by atoms with Gasteiger partial charge in [-0.25, -0.2) is 0 Å². The number of carbonyl (C=O) groups is 2. The average molecular weight is 1100 g/mol. The minimum Gasteiger partial charge on any atom is -0.362 e. The normalized spacial score (nSPS) is 21.3. The fourth-order valence-electron chi connectivity index (χ4n) is 10.8. The number of amides is 2. The standard InChI is InChI=1S/2C27H26BrClN2O2.3CH4/c2*1-33-24-15-19(11-12-31(24)27(32)17-5-3-2-4-6-17)25-23-10-9-22(29)14-18(23)7-8-20-13-21(28)16-30-26(20)25;;;/h2*2-6,9-10,13-14,16,19,24-25H,7-8,11-12,15H2,1H3;3*1H4. The van der Waals surface area contributed by atoms with Gasteiger partial charge in [0.2, 0.25) is 0 Å². The van der Waals surface area contributed by atoms with Crippen LogP contribution in [0.2, 0.25) is 10.0 Å². The monoisotopic (exact) mass is 1100 g/mol. The van der Waals surface area contributed by atoms with Crippen LogP contribution in [0.15, 0.2) is 131 Å². The Hall–Kier alpha value is -4.42. The van der Waals surface area contributed by atoms with Gasteiger partial charge < -0.3 is 19.3 Å².